The van der Waals surface area contributed by atoms with E-state index in [1.54, 1.807) is 24.3 Å². The maximum absolute atomic E-state index is 13.4. The number of hydrogen-bond donors (Lipinski definition) is 1. The highest BCUT2D eigenvalue weighted by molar-refractivity contribution is 5.87. The molecule has 22 heavy (non-hydrogen) atoms. The average molecular weight is 305 g/mol. The third-order valence-electron chi connectivity index (χ3n) is 4.87. The van der Waals surface area contributed by atoms with E-state index < -0.39 is 23.4 Å². The van der Waals surface area contributed by atoms with Gasteiger partial charge in [0.25, 0.3) is 0 Å². The zero-order valence-electron chi connectivity index (χ0n) is 11.6. The number of hydrogen-bond acceptors (Lipinski definition) is 3. The minimum atomic E-state index is -4.25. The molecule has 1 heterocycles. The van der Waals surface area contributed by atoms with E-state index in [-0.39, 0.29) is 11.6 Å². The molecule has 0 radical (unpaired) electrons. The van der Waals surface area contributed by atoms with Gasteiger partial charge in [0, 0.05) is 16.7 Å². The Morgan fingerprint density at radius 1 is 1.18 bits per heavy atom. The molecular formula is C16H14F3N3. The number of nitrogen functional groups attached to an aromatic ring is 1. The molecule has 6 heteroatoms. The van der Waals surface area contributed by atoms with Crippen molar-refractivity contribution in [2.75, 3.05) is 5.73 Å². The molecule has 3 nitrogen and oxygen atoms in total. The molecule has 2 aliphatic carbocycles. The smallest absolute Gasteiger partial charge is 0.383 e. The first-order chi connectivity index (χ1) is 10.4. The Morgan fingerprint density at radius 3 is 2.73 bits per heavy atom. The molecule has 0 amide bonds. The summed E-state index contributed by atoms with van der Waals surface area (Å²) in [4.78, 5) is 8.65. The van der Waals surface area contributed by atoms with Gasteiger partial charge in [-0.1, -0.05) is 24.3 Å². The SMILES string of the molecule is Nc1nc(C23CCC=CC2C3C(F)(F)F)nc2ccccc12. The molecule has 2 aromatic rings. The summed E-state index contributed by atoms with van der Waals surface area (Å²) in [5.74, 6) is -1.49. The molecule has 1 aromatic carbocycles. The lowest BCUT2D eigenvalue weighted by Gasteiger charge is -2.19. The number of para-hydroxylation sites is 1. The number of rotatable bonds is 1. The summed E-state index contributed by atoms with van der Waals surface area (Å²) >= 11 is 0. The van der Waals surface area contributed by atoms with Gasteiger partial charge < -0.3 is 5.73 Å². The molecule has 2 N–H and O–H groups in total. The van der Waals surface area contributed by atoms with Gasteiger partial charge in [0.1, 0.15) is 11.6 Å². The third-order valence-corrected chi connectivity index (χ3v) is 4.87. The van der Waals surface area contributed by atoms with Gasteiger partial charge in [-0.15, -0.1) is 0 Å². The molecule has 4 rings (SSSR count). The van der Waals surface area contributed by atoms with E-state index in [4.69, 9.17) is 5.73 Å². The van der Waals surface area contributed by atoms with Crippen LogP contribution in [0.3, 0.4) is 0 Å². The maximum Gasteiger partial charge on any atom is 0.393 e. The standard InChI is InChI=1S/C16H14F3N3/c17-16(18,19)12-10-6-3-4-8-15(10,12)14-21-11-7-2-1-5-9(11)13(20)22-14/h1-3,5-7,10,12H,4,8H2,(H2,20,21,22). The van der Waals surface area contributed by atoms with Crippen molar-refractivity contribution in [1.29, 1.82) is 0 Å². The van der Waals surface area contributed by atoms with Crippen LogP contribution < -0.4 is 5.73 Å². The molecule has 114 valence electrons. The molecule has 1 fully saturated rings. The predicted molar refractivity (Wildman–Crippen MR) is 77.0 cm³/mol. The number of nitrogens with two attached hydrogens (primary N) is 1. The number of anilines is 1. The Hall–Kier alpha value is -2.11. The molecule has 2 aliphatic rings. The van der Waals surface area contributed by atoms with Crippen LogP contribution in [0.4, 0.5) is 19.0 Å². The summed E-state index contributed by atoms with van der Waals surface area (Å²) in [6.45, 7) is 0. The summed E-state index contributed by atoms with van der Waals surface area (Å²) in [6.07, 6.45) is 0.258. The second-order valence-corrected chi connectivity index (χ2v) is 6.00. The van der Waals surface area contributed by atoms with Gasteiger partial charge in [0.15, 0.2) is 0 Å². The molecular weight excluding hydrogens is 291 g/mol. The Bertz CT molecular complexity index is 784. The second-order valence-electron chi connectivity index (χ2n) is 6.00. The van der Waals surface area contributed by atoms with Crippen LogP contribution in [0.1, 0.15) is 18.7 Å². The molecule has 3 unspecified atom stereocenters. The first kappa shape index (κ1) is 13.5. The van der Waals surface area contributed by atoms with E-state index in [9.17, 15) is 13.2 Å². The largest absolute Gasteiger partial charge is 0.393 e. The van der Waals surface area contributed by atoms with E-state index in [2.05, 4.69) is 9.97 Å². The molecule has 1 aromatic heterocycles. The van der Waals surface area contributed by atoms with E-state index in [1.165, 1.54) is 0 Å². The number of allylic oxidation sites excluding steroid dienone is 2. The van der Waals surface area contributed by atoms with E-state index in [0.717, 1.165) is 0 Å². The monoisotopic (exact) mass is 305 g/mol. The zero-order chi connectivity index (χ0) is 15.5. The number of benzene rings is 1. The van der Waals surface area contributed by atoms with Gasteiger partial charge in [0.2, 0.25) is 0 Å². The average Bonchev–Trinajstić information content (AvgIpc) is 3.18. The van der Waals surface area contributed by atoms with Crippen LogP contribution in [0.25, 0.3) is 10.9 Å². The van der Waals surface area contributed by atoms with Crippen LogP contribution >= 0.6 is 0 Å². The van der Waals surface area contributed by atoms with Crippen molar-refractivity contribution in [3.63, 3.8) is 0 Å². The molecule has 0 aliphatic heterocycles. The lowest BCUT2D eigenvalue weighted by atomic mass is 9.90. The van der Waals surface area contributed by atoms with Crippen LogP contribution in [-0.4, -0.2) is 16.1 Å². The van der Waals surface area contributed by atoms with Crippen molar-refractivity contribution in [2.45, 2.75) is 24.4 Å². The summed E-state index contributed by atoms with van der Waals surface area (Å²) in [5, 5.41) is 0.676. The molecule has 0 spiro atoms. The molecule has 0 bridgehead atoms. The van der Waals surface area contributed by atoms with Crippen LogP contribution in [-0.2, 0) is 5.41 Å². The maximum atomic E-state index is 13.4. The number of halogens is 3. The minimum Gasteiger partial charge on any atom is -0.383 e. The van der Waals surface area contributed by atoms with Gasteiger partial charge in [-0.3, -0.25) is 0 Å². The quantitative estimate of drug-likeness (QED) is 0.819. The van der Waals surface area contributed by atoms with Gasteiger partial charge in [0.05, 0.1) is 11.4 Å². The van der Waals surface area contributed by atoms with E-state index in [0.29, 0.717) is 23.7 Å². The van der Waals surface area contributed by atoms with Crippen molar-refractivity contribution >= 4 is 16.7 Å². The van der Waals surface area contributed by atoms with Crippen molar-refractivity contribution in [3.05, 3.63) is 42.2 Å². The fourth-order valence-corrected chi connectivity index (χ4v) is 3.84. The minimum absolute atomic E-state index is 0.236. The summed E-state index contributed by atoms with van der Waals surface area (Å²) in [6, 6.07) is 7.13. The van der Waals surface area contributed by atoms with Crippen LogP contribution in [0.5, 0.6) is 0 Å². The van der Waals surface area contributed by atoms with Gasteiger partial charge in [-0.25, -0.2) is 9.97 Å². The van der Waals surface area contributed by atoms with Gasteiger partial charge in [-0.2, -0.15) is 13.2 Å². The zero-order valence-corrected chi connectivity index (χ0v) is 11.6. The Kier molecular flexibility index (Phi) is 2.59. The van der Waals surface area contributed by atoms with Gasteiger partial charge >= 0.3 is 6.18 Å². The Labute approximate surface area is 125 Å². The number of fused-ring (bicyclic) bond motifs is 2. The highest BCUT2D eigenvalue weighted by atomic mass is 19.4. The van der Waals surface area contributed by atoms with Crippen LogP contribution in [0.2, 0.25) is 0 Å². The van der Waals surface area contributed by atoms with Crippen molar-refractivity contribution in [2.24, 2.45) is 11.8 Å². The summed E-state index contributed by atoms with van der Waals surface area (Å²) in [7, 11) is 0. The third kappa shape index (κ3) is 1.69. The lowest BCUT2D eigenvalue weighted by Crippen LogP contribution is -2.24. The lowest BCUT2D eigenvalue weighted by molar-refractivity contribution is -0.154. The Morgan fingerprint density at radius 2 is 1.95 bits per heavy atom. The topological polar surface area (TPSA) is 51.8 Å². The highest BCUT2D eigenvalue weighted by Gasteiger charge is 2.76. The van der Waals surface area contributed by atoms with E-state index in [1.807, 2.05) is 12.1 Å². The van der Waals surface area contributed by atoms with Crippen LogP contribution in [0, 0.1) is 11.8 Å². The summed E-state index contributed by atoms with van der Waals surface area (Å²) in [5.41, 5.74) is 5.51. The number of aromatic nitrogens is 2. The fraction of sp³-hybridized carbons (Fsp3) is 0.375. The predicted octanol–water partition coefficient (Wildman–Crippen LogP) is 3.61. The highest BCUT2D eigenvalue weighted by Crippen LogP contribution is 2.69. The first-order valence-corrected chi connectivity index (χ1v) is 7.21. The molecule has 1 saturated carbocycles. The molecule has 3 atom stereocenters. The number of nitrogens with zero attached hydrogens (tertiary/aromatic N) is 2. The van der Waals surface area contributed by atoms with Gasteiger partial charge in [-0.05, 0) is 25.0 Å². The first-order valence-electron chi connectivity index (χ1n) is 7.21. The molecule has 0 saturated heterocycles. The second kappa shape index (κ2) is 4.21. The van der Waals surface area contributed by atoms with Crippen LogP contribution in [0.15, 0.2) is 36.4 Å². The number of alkyl halides is 3. The Balaban J connectivity index is 1.89. The normalized spacial score (nSPS) is 30.3. The van der Waals surface area contributed by atoms with Crippen molar-refractivity contribution in [3.8, 4) is 0 Å². The van der Waals surface area contributed by atoms with Crippen molar-refractivity contribution in [1.82, 2.24) is 9.97 Å². The fourth-order valence-electron chi connectivity index (χ4n) is 3.84. The summed E-state index contributed by atoms with van der Waals surface area (Å²) < 4.78 is 40.1. The van der Waals surface area contributed by atoms with E-state index >= 15 is 0 Å². The van der Waals surface area contributed by atoms with Crippen molar-refractivity contribution < 1.29 is 13.2 Å².